The average molecular weight is 521 g/mol. The standard InChI is InChI=1S/C20H29F2N5O.HI/c1-23-20(24-9-8-19(28)25-16-4-2-3-5-16)27-12-10-26(11-13-27)18-14-15(21)6-7-17(18)22;/h6-7,14,16H,2-5,8-13H2,1H3,(H,23,24)(H,25,28);1H. The first-order valence-electron chi connectivity index (χ1n) is 10.0. The summed E-state index contributed by atoms with van der Waals surface area (Å²) in [6.07, 6.45) is 4.96. The molecule has 1 aliphatic heterocycles. The van der Waals surface area contributed by atoms with E-state index in [1.54, 1.807) is 7.05 Å². The Hall–Kier alpha value is -1.65. The van der Waals surface area contributed by atoms with Crippen molar-refractivity contribution < 1.29 is 13.6 Å². The number of hydrogen-bond donors (Lipinski definition) is 2. The highest BCUT2D eigenvalue weighted by Crippen LogP contribution is 2.22. The molecule has 1 saturated heterocycles. The van der Waals surface area contributed by atoms with Gasteiger partial charge in [0.05, 0.1) is 5.69 Å². The van der Waals surface area contributed by atoms with E-state index in [1.165, 1.54) is 18.9 Å². The minimum Gasteiger partial charge on any atom is -0.366 e. The molecule has 0 bridgehead atoms. The van der Waals surface area contributed by atoms with Crippen molar-refractivity contribution >= 4 is 41.5 Å². The molecule has 2 N–H and O–H groups in total. The number of carbonyl (C=O) groups is 1. The number of rotatable bonds is 5. The molecule has 29 heavy (non-hydrogen) atoms. The molecule has 2 fully saturated rings. The molecular formula is C20H30F2IN5O. The SMILES string of the molecule is CN=C(NCCC(=O)NC1CCCC1)N1CCN(c2cc(F)ccc2F)CC1.I. The van der Waals surface area contributed by atoms with Crippen molar-refractivity contribution in [2.75, 3.05) is 44.7 Å². The second kappa shape index (κ2) is 11.5. The van der Waals surface area contributed by atoms with Crippen LogP contribution in [0.1, 0.15) is 32.1 Å². The zero-order valence-corrected chi connectivity index (χ0v) is 19.1. The van der Waals surface area contributed by atoms with Crippen LogP contribution in [0.3, 0.4) is 0 Å². The maximum atomic E-state index is 14.0. The lowest BCUT2D eigenvalue weighted by Gasteiger charge is -2.37. The largest absolute Gasteiger partial charge is 0.366 e. The van der Waals surface area contributed by atoms with Crippen LogP contribution in [0, 0.1) is 11.6 Å². The molecule has 1 amide bonds. The van der Waals surface area contributed by atoms with Crippen LogP contribution in [-0.4, -0.2) is 62.6 Å². The number of piperazine rings is 1. The van der Waals surface area contributed by atoms with Gasteiger partial charge >= 0.3 is 0 Å². The van der Waals surface area contributed by atoms with Crippen LogP contribution in [0.4, 0.5) is 14.5 Å². The summed E-state index contributed by atoms with van der Waals surface area (Å²) in [6.45, 7) is 2.95. The highest BCUT2D eigenvalue weighted by Gasteiger charge is 2.22. The van der Waals surface area contributed by atoms with Crippen molar-refractivity contribution in [3.05, 3.63) is 29.8 Å². The fraction of sp³-hybridized carbons (Fsp3) is 0.600. The summed E-state index contributed by atoms with van der Waals surface area (Å²) >= 11 is 0. The number of benzene rings is 1. The van der Waals surface area contributed by atoms with Crippen molar-refractivity contribution in [2.45, 2.75) is 38.1 Å². The highest BCUT2D eigenvalue weighted by atomic mass is 127. The number of carbonyl (C=O) groups excluding carboxylic acids is 1. The molecule has 0 unspecified atom stereocenters. The summed E-state index contributed by atoms with van der Waals surface area (Å²) in [5, 5.41) is 6.31. The van der Waals surface area contributed by atoms with E-state index < -0.39 is 11.6 Å². The molecule has 1 aromatic carbocycles. The van der Waals surface area contributed by atoms with Crippen LogP contribution in [0.2, 0.25) is 0 Å². The maximum absolute atomic E-state index is 14.0. The van der Waals surface area contributed by atoms with Gasteiger partial charge in [0.15, 0.2) is 5.96 Å². The van der Waals surface area contributed by atoms with E-state index in [0.29, 0.717) is 50.9 Å². The molecule has 6 nitrogen and oxygen atoms in total. The summed E-state index contributed by atoms with van der Waals surface area (Å²) in [5.74, 6) is -0.0490. The van der Waals surface area contributed by atoms with E-state index in [-0.39, 0.29) is 29.9 Å². The molecule has 1 heterocycles. The van der Waals surface area contributed by atoms with Crippen LogP contribution in [0.25, 0.3) is 0 Å². The zero-order chi connectivity index (χ0) is 19.9. The molecule has 1 saturated carbocycles. The Morgan fingerprint density at radius 2 is 1.86 bits per heavy atom. The Kier molecular flexibility index (Phi) is 9.38. The van der Waals surface area contributed by atoms with E-state index in [2.05, 4.69) is 20.5 Å². The van der Waals surface area contributed by atoms with Gasteiger partial charge in [-0.25, -0.2) is 8.78 Å². The Morgan fingerprint density at radius 3 is 2.52 bits per heavy atom. The van der Waals surface area contributed by atoms with E-state index in [9.17, 15) is 13.6 Å². The molecule has 162 valence electrons. The molecule has 0 atom stereocenters. The molecule has 1 aromatic rings. The van der Waals surface area contributed by atoms with Gasteiger partial charge in [-0.1, -0.05) is 12.8 Å². The number of aliphatic imine (C=N–C) groups is 1. The zero-order valence-electron chi connectivity index (χ0n) is 16.8. The number of halogens is 3. The fourth-order valence-electron chi connectivity index (χ4n) is 3.88. The van der Waals surface area contributed by atoms with Crippen LogP contribution < -0.4 is 15.5 Å². The molecule has 0 spiro atoms. The molecular weight excluding hydrogens is 491 g/mol. The quantitative estimate of drug-likeness (QED) is 0.356. The van der Waals surface area contributed by atoms with Gasteiger partial charge in [0.25, 0.3) is 0 Å². The smallest absolute Gasteiger partial charge is 0.221 e. The summed E-state index contributed by atoms with van der Waals surface area (Å²) in [7, 11) is 1.71. The van der Waals surface area contributed by atoms with E-state index in [4.69, 9.17) is 0 Å². The van der Waals surface area contributed by atoms with E-state index in [0.717, 1.165) is 30.9 Å². The minimum atomic E-state index is -0.438. The van der Waals surface area contributed by atoms with Gasteiger partial charge < -0.3 is 20.4 Å². The molecule has 0 radical (unpaired) electrons. The van der Waals surface area contributed by atoms with Crippen molar-refractivity contribution in [3.8, 4) is 0 Å². The van der Waals surface area contributed by atoms with Gasteiger partial charge in [-0.15, -0.1) is 24.0 Å². The van der Waals surface area contributed by atoms with Crippen LogP contribution in [0.5, 0.6) is 0 Å². The van der Waals surface area contributed by atoms with E-state index >= 15 is 0 Å². The third kappa shape index (κ3) is 6.68. The second-order valence-corrected chi connectivity index (χ2v) is 7.34. The van der Waals surface area contributed by atoms with Crippen molar-refractivity contribution in [2.24, 2.45) is 4.99 Å². The number of amides is 1. The first-order valence-corrected chi connectivity index (χ1v) is 10.0. The molecule has 2 aliphatic rings. The monoisotopic (exact) mass is 521 g/mol. The topological polar surface area (TPSA) is 60.0 Å². The first-order chi connectivity index (χ1) is 13.6. The molecule has 0 aromatic heterocycles. The second-order valence-electron chi connectivity index (χ2n) is 7.34. The third-order valence-corrected chi connectivity index (χ3v) is 5.40. The van der Waals surface area contributed by atoms with Gasteiger partial charge in [-0.2, -0.15) is 0 Å². The van der Waals surface area contributed by atoms with Crippen molar-refractivity contribution in [1.82, 2.24) is 15.5 Å². The number of guanidine groups is 1. The molecule has 3 rings (SSSR count). The predicted molar refractivity (Wildman–Crippen MR) is 122 cm³/mol. The van der Waals surface area contributed by atoms with Crippen LogP contribution >= 0.6 is 24.0 Å². The van der Waals surface area contributed by atoms with Gasteiger partial charge in [-0.3, -0.25) is 9.79 Å². The van der Waals surface area contributed by atoms with Gasteiger partial charge in [0, 0.05) is 58.3 Å². The van der Waals surface area contributed by atoms with Crippen molar-refractivity contribution in [3.63, 3.8) is 0 Å². The Bertz CT molecular complexity index is 704. The van der Waals surface area contributed by atoms with Crippen molar-refractivity contribution in [1.29, 1.82) is 0 Å². The molecule has 1 aliphatic carbocycles. The summed E-state index contributed by atoms with van der Waals surface area (Å²) in [5.41, 5.74) is 0.297. The number of nitrogens with one attached hydrogen (secondary N) is 2. The third-order valence-electron chi connectivity index (χ3n) is 5.40. The van der Waals surface area contributed by atoms with Gasteiger partial charge in [0.1, 0.15) is 11.6 Å². The molecule has 9 heteroatoms. The maximum Gasteiger partial charge on any atom is 0.221 e. The first kappa shape index (κ1) is 23.6. The Balaban J connectivity index is 0.00000300. The summed E-state index contributed by atoms with van der Waals surface area (Å²) < 4.78 is 27.4. The minimum absolute atomic E-state index is 0. The van der Waals surface area contributed by atoms with E-state index in [1.807, 2.05) is 4.90 Å². The lowest BCUT2D eigenvalue weighted by atomic mass is 10.2. The summed E-state index contributed by atoms with van der Waals surface area (Å²) in [6, 6.07) is 3.86. The number of nitrogens with zero attached hydrogens (tertiary/aromatic N) is 3. The van der Waals surface area contributed by atoms with Gasteiger partial charge in [0.2, 0.25) is 5.91 Å². The summed E-state index contributed by atoms with van der Waals surface area (Å²) in [4.78, 5) is 20.2. The highest BCUT2D eigenvalue weighted by molar-refractivity contribution is 14.0. The van der Waals surface area contributed by atoms with Gasteiger partial charge in [-0.05, 0) is 25.0 Å². The predicted octanol–water partition coefficient (Wildman–Crippen LogP) is 2.73. The van der Waals surface area contributed by atoms with Crippen LogP contribution in [-0.2, 0) is 4.79 Å². The number of anilines is 1. The van der Waals surface area contributed by atoms with Crippen LogP contribution in [0.15, 0.2) is 23.2 Å². The fourth-order valence-corrected chi connectivity index (χ4v) is 3.88. The average Bonchev–Trinajstić information content (AvgIpc) is 3.20. The lowest BCUT2D eigenvalue weighted by molar-refractivity contribution is -0.121. The Labute approximate surface area is 188 Å². The lowest BCUT2D eigenvalue weighted by Crippen LogP contribution is -2.53. The normalized spacial score (nSPS) is 17.8. The Morgan fingerprint density at radius 1 is 1.17 bits per heavy atom. The number of hydrogen-bond acceptors (Lipinski definition) is 3.